The van der Waals surface area contributed by atoms with E-state index >= 15 is 0 Å². The summed E-state index contributed by atoms with van der Waals surface area (Å²) in [6, 6.07) is 40.7. The van der Waals surface area contributed by atoms with E-state index in [0.29, 0.717) is 43.5 Å². The van der Waals surface area contributed by atoms with Gasteiger partial charge in [0, 0.05) is 18.2 Å². The highest BCUT2D eigenvalue weighted by molar-refractivity contribution is 5.81. The molecule has 0 spiro atoms. The second kappa shape index (κ2) is 34.5. The highest BCUT2D eigenvalue weighted by Crippen LogP contribution is 2.31. The fourth-order valence-corrected chi connectivity index (χ4v) is 8.29. The van der Waals surface area contributed by atoms with Gasteiger partial charge in [0.15, 0.2) is 11.5 Å². The van der Waals surface area contributed by atoms with Crippen molar-refractivity contribution in [2.45, 2.75) is 142 Å². The zero-order valence-corrected chi connectivity index (χ0v) is 42.6. The van der Waals surface area contributed by atoms with Crippen molar-refractivity contribution in [3.05, 3.63) is 157 Å². The van der Waals surface area contributed by atoms with E-state index in [2.05, 4.69) is 92.0 Å². The van der Waals surface area contributed by atoms with Crippen molar-refractivity contribution < 1.29 is 38.0 Å². The number of carbonyl (C=O) groups is 2. The molecule has 0 aliphatic rings. The van der Waals surface area contributed by atoms with Gasteiger partial charge in [-0.05, 0) is 95.5 Å². The Kier molecular flexibility index (Phi) is 26.9. The molecule has 0 radical (unpaired) electrons. The van der Waals surface area contributed by atoms with E-state index in [1.54, 1.807) is 18.2 Å². The molecule has 382 valence electrons. The third-order valence-corrected chi connectivity index (χ3v) is 12.6. The second-order valence-corrected chi connectivity index (χ2v) is 18.3. The Morgan fingerprint density at radius 1 is 0.389 bits per heavy atom. The van der Waals surface area contributed by atoms with Crippen molar-refractivity contribution in [3.63, 3.8) is 0 Å². The van der Waals surface area contributed by atoms with Crippen molar-refractivity contribution in [3.8, 4) is 51.3 Å². The standard InChI is InChI=1S/C63H77NO8/c1-3-62(65)69-45-23-19-15-11-7-5-9-13-17-21-43-67-58-38-34-56(35-39-58)54-30-25-51(26-31-54)49-71-60-42-29-53(48-64)47-61(60)72-50-52-27-32-55(33-28-52)57-36-40-59(41-37-57)68-44-22-18-14-10-6-8-12-16-20-24-46-70-63(66)4-2/h3-4,25-42,47H,1-2,5-24,43-46,49-50H2. The molecule has 0 amide bonds. The molecule has 72 heavy (non-hydrogen) atoms. The van der Waals surface area contributed by atoms with E-state index in [1.165, 1.54) is 102 Å². The molecule has 0 aliphatic carbocycles. The summed E-state index contributed by atoms with van der Waals surface area (Å²) in [5.41, 5.74) is 7.00. The van der Waals surface area contributed by atoms with Crippen LogP contribution in [0, 0.1) is 11.3 Å². The van der Waals surface area contributed by atoms with Crippen LogP contribution in [0.3, 0.4) is 0 Å². The van der Waals surface area contributed by atoms with Gasteiger partial charge < -0.3 is 28.4 Å². The summed E-state index contributed by atoms with van der Waals surface area (Å²) in [5, 5.41) is 9.63. The topological polar surface area (TPSA) is 113 Å². The third-order valence-electron chi connectivity index (χ3n) is 12.6. The fraction of sp³-hybridized carbons (Fsp3) is 0.413. The van der Waals surface area contributed by atoms with Crippen LogP contribution in [0.2, 0.25) is 0 Å². The summed E-state index contributed by atoms with van der Waals surface area (Å²) in [5.74, 6) is 2.22. The van der Waals surface area contributed by atoms with Crippen LogP contribution in [0.5, 0.6) is 23.0 Å². The van der Waals surface area contributed by atoms with Gasteiger partial charge in [-0.2, -0.15) is 5.26 Å². The molecule has 0 bridgehead atoms. The number of benzene rings is 5. The lowest BCUT2D eigenvalue weighted by Gasteiger charge is -2.14. The molecule has 9 heteroatoms. The van der Waals surface area contributed by atoms with Crippen LogP contribution in [0.1, 0.15) is 145 Å². The molecule has 0 heterocycles. The van der Waals surface area contributed by atoms with Gasteiger partial charge in [-0.25, -0.2) is 9.59 Å². The van der Waals surface area contributed by atoms with Crippen LogP contribution in [-0.2, 0) is 32.3 Å². The average Bonchev–Trinajstić information content (AvgIpc) is 3.42. The molecule has 5 rings (SSSR count). The predicted octanol–water partition coefficient (Wildman–Crippen LogP) is 16.1. The van der Waals surface area contributed by atoms with Crippen molar-refractivity contribution in [2.75, 3.05) is 26.4 Å². The van der Waals surface area contributed by atoms with Gasteiger partial charge in [-0.1, -0.05) is 189 Å². The second-order valence-electron chi connectivity index (χ2n) is 18.3. The third kappa shape index (κ3) is 22.5. The Balaban J connectivity index is 0.936. The van der Waals surface area contributed by atoms with Crippen LogP contribution in [-0.4, -0.2) is 38.4 Å². The number of rotatable bonds is 38. The molecule has 0 saturated carbocycles. The smallest absolute Gasteiger partial charge is 0.330 e. The summed E-state index contributed by atoms with van der Waals surface area (Å²) < 4.78 is 34.6. The number of ether oxygens (including phenoxy) is 6. The van der Waals surface area contributed by atoms with Gasteiger partial charge >= 0.3 is 11.9 Å². The van der Waals surface area contributed by atoms with E-state index < -0.39 is 0 Å². The Bertz CT molecular complexity index is 2350. The predicted molar refractivity (Wildman–Crippen MR) is 289 cm³/mol. The van der Waals surface area contributed by atoms with Gasteiger partial charge in [-0.3, -0.25) is 0 Å². The number of nitrogens with zero attached hydrogens (tertiary/aromatic N) is 1. The van der Waals surface area contributed by atoms with Gasteiger partial charge in [0.25, 0.3) is 0 Å². The zero-order chi connectivity index (χ0) is 50.7. The van der Waals surface area contributed by atoms with Crippen molar-refractivity contribution in [1.82, 2.24) is 0 Å². The van der Waals surface area contributed by atoms with E-state index in [9.17, 15) is 14.9 Å². The first kappa shape index (κ1) is 56.1. The maximum absolute atomic E-state index is 11.1. The summed E-state index contributed by atoms with van der Waals surface area (Å²) >= 11 is 0. The van der Waals surface area contributed by atoms with Crippen molar-refractivity contribution in [1.29, 1.82) is 5.26 Å². The quantitative estimate of drug-likeness (QED) is 0.0217. The molecule has 9 nitrogen and oxygen atoms in total. The highest BCUT2D eigenvalue weighted by Gasteiger charge is 2.10. The van der Waals surface area contributed by atoms with Crippen LogP contribution in [0.4, 0.5) is 0 Å². The number of nitriles is 1. The molecular weight excluding hydrogens is 899 g/mol. The van der Waals surface area contributed by atoms with Gasteiger partial charge in [0.2, 0.25) is 0 Å². The fourth-order valence-electron chi connectivity index (χ4n) is 8.29. The highest BCUT2D eigenvalue weighted by atomic mass is 16.5. The van der Waals surface area contributed by atoms with E-state index in [4.69, 9.17) is 28.4 Å². The summed E-state index contributed by atoms with van der Waals surface area (Å²) in [7, 11) is 0. The van der Waals surface area contributed by atoms with E-state index in [0.717, 1.165) is 96.6 Å². The lowest BCUT2D eigenvalue weighted by molar-refractivity contribution is -0.138. The molecule has 5 aromatic rings. The van der Waals surface area contributed by atoms with Crippen LogP contribution >= 0.6 is 0 Å². The van der Waals surface area contributed by atoms with Crippen molar-refractivity contribution in [2.24, 2.45) is 0 Å². The minimum Gasteiger partial charge on any atom is -0.494 e. The summed E-state index contributed by atoms with van der Waals surface area (Å²) in [4.78, 5) is 22.1. The Labute approximate surface area is 430 Å². The lowest BCUT2D eigenvalue weighted by atomic mass is 10.0. The molecule has 0 aromatic heterocycles. The minimum atomic E-state index is -0.335. The average molecular weight is 976 g/mol. The maximum Gasteiger partial charge on any atom is 0.330 e. The normalized spacial score (nSPS) is 10.8. The molecular formula is C63H77NO8. The van der Waals surface area contributed by atoms with Gasteiger partial charge in [0.1, 0.15) is 24.7 Å². The van der Waals surface area contributed by atoms with Crippen LogP contribution in [0.15, 0.2) is 141 Å². The number of hydrogen-bond acceptors (Lipinski definition) is 9. The first-order valence-electron chi connectivity index (χ1n) is 26.5. The molecule has 0 unspecified atom stereocenters. The minimum absolute atomic E-state index is 0.331. The van der Waals surface area contributed by atoms with E-state index in [1.807, 2.05) is 24.3 Å². The Morgan fingerprint density at radius 2 is 0.708 bits per heavy atom. The van der Waals surface area contributed by atoms with Crippen LogP contribution < -0.4 is 18.9 Å². The molecule has 0 saturated heterocycles. The first-order valence-corrected chi connectivity index (χ1v) is 26.5. The van der Waals surface area contributed by atoms with Gasteiger partial charge in [0.05, 0.1) is 38.1 Å². The SMILES string of the molecule is C=CC(=O)OCCCCCCCCCCCCOc1ccc(-c2ccc(COc3ccc(C#N)cc3OCc3ccc(-c4ccc(OCCCCCCCCCCCCOC(=O)C=C)cc4)cc3)cc2)cc1. The number of carbonyl (C=O) groups excluding carboxylic acids is 2. The molecule has 0 N–H and O–H groups in total. The maximum atomic E-state index is 11.1. The summed E-state index contributed by atoms with van der Waals surface area (Å²) in [6.45, 7) is 9.95. The Morgan fingerprint density at radius 3 is 1.06 bits per heavy atom. The molecule has 0 aliphatic heterocycles. The largest absolute Gasteiger partial charge is 0.494 e. The number of hydrogen-bond donors (Lipinski definition) is 0. The van der Waals surface area contributed by atoms with Gasteiger partial charge in [-0.15, -0.1) is 0 Å². The molecule has 5 aromatic carbocycles. The number of esters is 2. The van der Waals surface area contributed by atoms with Crippen LogP contribution in [0.25, 0.3) is 22.3 Å². The number of unbranched alkanes of at least 4 members (excludes halogenated alkanes) is 18. The zero-order valence-electron chi connectivity index (χ0n) is 42.6. The lowest BCUT2D eigenvalue weighted by Crippen LogP contribution is -2.01. The van der Waals surface area contributed by atoms with E-state index in [-0.39, 0.29) is 11.9 Å². The van der Waals surface area contributed by atoms with Crippen molar-refractivity contribution >= 4 is 11.9 Å². The molecule has 0 fully saturated rings. The molecule has 0 atom stereocenters. The first-order chi connectivity index (χ1) is 35.4. The summed E-state index contributed by atoms with van der Waals surface area (Å²) in [6.07, 6.45) is 25.9. The Hall–Kier alpha value is -6.79. The monoisotopic (exact) mass is 976 g/mol.